The number of carboxylic acid groups (broad SMARTS) is 1. The molecule has 2 aromatic carbocycles. The van der Waals surface area contributed by atoms with E-state index in [-0.39, 0.29) is 6.61 Å². The van der Waals surface area contributed by atoms with Gasteiger partial charge in [0.15, 0.2) is 0 Å². The Morgan fingerprint density at radius 1 is 1.13 bits per heavy atom. The molecule has 0 radical (unpaired) electrons. The van der Waals surface area contributed by atoms with E-state index in [2.05, 4.69) is 0 Å². The third kappa shape index (κ3) is 4.11. The van der Waals surface area contributed by atoms with Crippen LogP contribution >= 0.6 is 0 Å². The Morgan fingerprint density at radius 3 is 2.43 bits per heavy atom. The highest BCUT2D eigenvalue weighted by atomic mass is 16.5. The highest BCUT2D eigenvalue weighted by Gasteiger charge is 2.21. The minimum absolute atomic E-state index is 0.0125. The van der Waals surface area contributed by atoms with Crippen molar-refractivity contribution in [2.24, 2.45) is 5.92 Å². The van der Waals surface area contributed by atoms with Gasteiger partial charge in [-0.1, -0.05) is 24.3 Å². The lowest BCUT2D eigenvalue weighted by atomic mass is 10.0. The number of carboxylic acids is 1. The molecule has 4 heteroatoms. The zero-order chi connectivity index (χ0) is 17.0. The lowest BCUT2D eigenvalue weighted by Gasteiger charge is -2.20. The molecule has 0 saturated heterocycles. The fraction of sp³-hybridized carbons (Fsp3) is 0.316. The van der Waals surface area contributed by atoms with E-state index in [9.17, 15) is 9.90 Å². The SMILES string of the molecule is Cc1cc(-c2cccc(CO)c2)ccc1OC(C)C(C)C(=O)O. The molecule has 2 rings (SSSR count). The Hall–Kier alpha value is -2.33. The Bertz CT molecular complexity index is 694. The van der Waals surface area contributed by atoms with Crippen LogP contribution in [0, 0.1) is 12.8 Å². The molecule has 2 atom stereocenters. The zero-order valence-corrected chi connectivity index (χ0v) is 13.6. The predicted octanol–water partition coefficient (Wildman–Crippen LogP) is 3.64. The van der Waals surface area contributed by atoms with Gasteiger partial charge in [-0.25, -0.2) is 0 Å². The largest absolute Gasteiger partial charge is 0.490 e. The molecule has 0 amide bonds. The molecule has 0 heterocycles. The molecule has 0 spiro atoms. The van der Waals surface area contributed by atoms with Crippen LogP contribution in [-0.2, 0) is 11.4 Å². The topological polar surface area (TPSA) is 66.8 Å². The number of benzene rings is 2. The van der Waals surface area contributed by atoms with Crippen LogP contribution in [0.3, 0.4) is 0 Å². The van der Waals surface area contributed by atoms with Gasteiger partial charge in [-0.15, -0.1) is 0 Å². The number of ether oxygens (including phenoxy) is 1. The van der Waals surface area contributed by atoms with E-state index in [0.717, 1.165) is 22.3 Å². The maximum atomic E-state index is 11.0. The molecule has 4 nitrogen and oxygen atoms in total. The quantitative estimate of drug-likeness (QED) is 0.854. The summed E-state index contributed by atoms with van der Waals surface area (Å²) in [5, 5.41) is 18.3. The summed E-state index contributed by atoms with van der Waals surface area (Å²) in [6, 6.07) is 13.5. The monoisotopic (exact) mass is 314 g/mol. The molecule has 0 bridgehead atoms. The molecular weight excluding hydrogens is 292 g/mol. The van der Waals surface area contributed by atoms with Gasteiger partial charge in [0, 0.05) is 0 Å². The van der Waals surface area contributed by atoms with Crippen LogP contribution in [0.2, 0.25) is 0 Å². The second-order valence-electron chi connectivity index (χ2n) is 5.79. The normalized spacial score (nSPS) is 13.4. The van der Waals surface area contributed by atoms with Crippen LogP contribution in [0.4, 0.5) is 0 Å². The number of hydrogen-bond donors (Lipinski definition) is 2. The predicted molar refractivity (Wildman–Crippen MR) is 89.4 cm³/mol. The van der Waals surface area contributed by atoms with Crippen LogP contribution in [0.5, 0.6) is 5.75 Å². The highest BCUT2D eigenvalue weighted by Crippen LogP contribution is 2.28. The number of carbonyl (C=O) groups is 1. The lowest BCUT2D eigenvalue weighted by Crippen LogP contribution is -2.28. The van der Waals surface area contributed by atoms with E-state index < -0.39 is 18.0 Å². The molecular formula is C19H22O4. The molecule has 0 aliphatic rings. The first-order valence-corrected chi connectivity index (χ1v) is 7.62. The number of aliphatic hydroxyl groups excluding tert-OH is 1. The summed E-state index contributed by atoms with van der Waals surface area (Å²) in [6.45, 7) is 5.35. The van der Waals surface area contributed by atoms with Crippen molar-refractivity contribution in [2.75, 3.05) is 0 Å². The minimum Gasteiger partial charge on any atom is -0.490 e. The van der Waals surface area contributed by atoms with E-state index in [1.165, 1.54) is 0 Å². The zero-order valence-electron chi connectivity index (χ0n) is 13.6. The molecule has 0 aromatic heterocycles. The first-order chi connectivity index (χ1) is 10.9. The molecule has 0 fully saturated rings. The average Bonchev–Trinajstić information content (AvgIpc) is 2.55. The van der Waals surface area contributed by atoms with Gasteiger partial charge in [0.1, 0.15) is 11.9 Å². The Balaban J connectivity index is 2.22. The van der Waals surface area contributed by atoms with Crippen molar-refractivity contribution in [3.05, 3.63) is 53.6 Å². The van der Waals surface area contributed by atoms with E-state index in [0.29, 0.717) is 5.75 Å². The summed E-state index contributed by atoms with van der Waals surface area (Å²) in [5.41, 5.74) is 3.87. The van der Waals surface area contributed by atoms with Crippen LogP contribution in [0.15, 0.2) is 42.5 Å². The van der Waals surface area contributed by atoms with Crippen LogP contribution in [0.25, 0.3) is 11.1 Å². The van der Waals surface area contributed by atoms with Gasteiger partial charge in [0.2, 0.25) is 0 Å². The van der Waals surface area contributed by atoms with Crippen molar-refractivity contribution in [2.45, 2.75) is 33.5 Å². The van der Waals surface area contributed by atoms with Gasteiger partial charge >= 0.3 is 5.97 Å². The third-order valence-corrected chi connectivity index (χ3v) is 4.02. The number of aryl methyl sites for hydroxylation is 1. The number of aliphatic hydroxyl groups is 1. The summed E-state index contributed by atoms with van der Waals surface area (Å²) in [4.78, 5) is 11.0. The Kier molecular flexibility index (Phi) is 5.40. The molecule has 23 heavy (non-hydrogen) atoms. The molecule has 2 N–H and O–H groups in total. The molecule has 0 aliphatic heterocycles. The highest BCUT2D eigenvalue weighted by molar-refractivity contribution is 5.70. The van der Waals surface area contributed by atoms with Crippen molar-refractivity contribution in [1.29, 1.82) is 0 Å². The maximum Gasteiger partial charge on any atom is 0.309 e. The first-order valence-electron chi connectivity index (χ1n) is 7.62. The van der Waals surface area contributed by atoms with Gasteiger partial charge in [-0.3, -0.25) is 4.79 Å². The molecule has 2 aromatic rings. The van der Waals surface area contributed by atoms with Gasteiger partial charge in [0.05, 0.1) is 12.5 Å². The van der Waals surface area contributed by atoms with Crippen molar-refractivity contribution >= 4 is 5.97 Å². The summed E-state index contributed by atoms with van der Waals surface area (Å²) < 4.78 is 5.78. The van der Waals surface area contributed by atoms with Crippen LogP contribution < -0.4 is 4.74 Å². The maximum absolute atomic E-state index is 11.0. The Labute approximate surface area is 136 Å². The van der Waals surface area contributed by atoms with E-state index in [1.807, 2.05) is 49.4 Å². The van der Waals surface area contributed by atoms with Gasteiger partial charge in [-0.05, 0) is 61.2 Å². The molecule has 0 saturated carbocycles. The van der Waals surface area contributed by atoms with Crippen molar-refractivity contribution in [3.8, 4) is 16.9 Å². The summed E-state index contributed by atoms with van der Waals surface area (Å²) >= 11 is 0. The van der Waals surface area contributed by atoms with Crippen LogP contribution in [-0.4, -0.2) is 22.3 Å². The molecule has 122 valence electrons. The standard InChI is InChI=1S/C19H22O4/c1-12-9-17(16-6-4-5-15(10-16)11-20)7-8-18(12)23-14(3)13(2)19(21)22/h4-10,13-14,20H,11H2,1-3H3,(H,21,22). The average molecular weight is 314 g/mol. The fourth-order valence-electron chi connectivity index (χ4n) is 2.31. The summed E-state index contributed by atoms with van der Waals surface area (Å²) in [7, 11) is 0. The third-order valence-electron chi connectivity index (χ3n) is 4.02. The summed E-state index contributed by atoms with van der Waals surface area (Å²) in [5.74, 6) is -0.754. The number of aliphatic carboxylic acids is 1. The Morgan fingerprint density at radius 2 is 1.83 bits per heavy atom. The lowest BCUT2D eigenvalue weighted by molar-refractivity contribution is -0.143. The van der Waals surface area contributed by atoms with E-state index >= 15 is 0 Å². The fourth-order valence-corrected chi connectivity index (χ4v) is 2.31. The van der Waals surface area contributed by atoms with Gasteiger partial charge < -0.3 is 14.9 Å². The summed E-state index contributed by atoms with van der Waals surface area (Å²) in [6.07, 6.45) is -0.408. The first kappa shape index (κ1) is 17.0. The number of rotatable bonds is 6. The second kappa shape index (κ2) is 7.29. The number of hydrogen-bond acceptors (Lipinski definition) is 3. The van der Waals surface area contributed by atoms with E-state index in [1.54, 1.807) is 13.8 Å². The van der Waals surface area contributed by atoms with Crippen molar-refractivity contribution in [1.82, 2.24) is 0 Å². The van der Waals surface area contributed by atoms with Gasteiger partial charge in [0.25, 0.3) is 0 Å². The van der Waals surface area contributed by atoms with E-state index in [4.69, 9.17) is 9.84 Å². The molecule has 0 aliphatic carbocycles. The van der Waals surface area contributed by atoms with Crippen LogP contribution in [0.1, 0.15) is 25.0 Å². The van der Waals surface area contributed by atoms with Gasteiger partial charge in [-0.2, -0.15) is 0 Å². The second-order valence-corrected chi connectivity index (χ2v) is 5.79. The molecule has 2 unspecified atom stereocenters. The van der Waals surface area contributed by atoms with Crippen molar-refractivity contribution in [3.63, 3.8) is 0 Å². The minimum atomic E-state index is -0.868. The smallest absolute Gasteiger partial charge is 0.309 e. The van der Waals surface area contributed by atoms with Crippen molar-refractivity contribution < 1.29 is 19.7 Å².